The normalized spacial score (nSPS) is 15.3. The van der Waals surface area contributed by atoms with Crippen LogP contribution < -0.4 is 10.6 Å². The van der Waals surface area contributed by atoms with Gasteiger partial charge in [-0.1, -0.05) is 18.2 Å². The maximum atomic E-state index is 12.6. The van der Waals surface area contributed by atoms with E-state index in [9.17, 15) is 18.0 Å². The molecule has 9 nitrogen and oxygen atoms in total. The van der Waals surface area contributed by atoms with Crippen molar-refractivity contribution in [2.75, 3.05) is 39.1 Å². The highest BCUT2D eigenvalue weighted by Gasteiger charge is 2.26. The lowest BCUT2D eigenvalue weighted by molar-refractivity contribution is -0.117. The molecule has 11 heteroatoms. The van der Waals surface area contributed by atoms with E-state index in [-0.39, 0.29) is 10.6 Å². The Balaban J connectivity index is 1.83. The number of amides is 3. The zero-order valence-electron chi connectivity index (χ0n) is 15.1. The number of ether oxygens (including phenoxy) is 1. The van der Waals surface area contributed by atoms with Gasteiger partial charge < -0.3 is 10.1 Å². The number of carbonyl (C=O) groups excluding carboxylic acids is 2. The number of sulfonamides is 1. The summed E-state index contributed by atoms with van der Waals surface area (Å²) in [6, 6.07) is 2.47. The van der Waals surface area contributed by atoms with Crippen LogP contribution in [0.5, 0.6) is 0 Å². The first kappa shape index (κ1) is 21.6. The van der Waals surface area contributed by atoms with Gasteiger partial charge in [-0.25, -0.2) is 18.2 Å². The summed E-state index contributed by atoms with van der Waals surface area (Å²) in [5, 5.41) is 5.17. The van der Waals surface area contributed by atoms with Crippen molar-refractivity contribution in [1.29, 1.82) is 0 Å². The summed E-state index contributed by atoms with van der Waals surface area (Å²) < 4.78 is 31.4. The third-order valence-corrected chi connectivity index (χ3v) is 6.68. The Morgan fingerprint density at radius 3 is 2.63 bits per heavy atom. The number of hydrogen-bond acceptors (Lipinski definition) is 7. The molecule has 0 aliphatic carbocycles. The van der Waals surface area contributed by atoms with Gasteiger partial charge in [0.1, 0.15) is 4.90 Å². The average molecular weight is 417 g/mol. The predicted molar refractivity (Wildman–Crippen MR) is 101 cm³/mol. The van der Waals surface area contributed by atoms with E-state index in [1.165, 1.54) is 23.7 Å². The summed E-state index contributed by atoms with van der Waals surface area (Å²) >= 11 is 1.12. The minimum absolute atomic E-state index is 0.0110. The molecule has 0 spiro atoms. The first-order chi connectivity index (χ1) is 12.9. The molecule has 2 heterocycles. The Bertz CT molecular complexity index is 734. The zero-order chi connectivity index (χ0) is 19.7. The van der Waals surface area contributed by atoms with Gasteiger partial charge in [-0.2, -0.15) is 4.31 Å². The van der Waals surface area contributed by atoms with Crippen LogP contribution in [0.2, 0.25) is 0 Å². The molecule has 0 atom stereocenters. The number of piperidine rings is 1. The fourth-order valence-electron chi connectivity index (χ4n) is 2.47. The van der Waals surface area contributed by atoms with Crippen LogP contribution in [0.4, 0.5) is 4.79 Å². The zero-order valence-corrected chi connectivity index (χ0v) is 16.8. The quantitative estimate of drug-likeness (QED) is 0.476. The summed E-state index contributed by atoms with van der Waals surface area (Å²) in [5.74, 6) is -0.482. The molecule has 0 aromatic carbocycles. The second kappa shape index (κ2) is 10.6. The van der Waals surface area contributed by atoms with Crippen LogP contribution in [0.15, 0.2) is 28.3 Å². The highest BCUT2D eigenvalue weighted by atomic mass is 32.2. The Labute approximate surface area is 163 Å². The molecule has 0 bridgehead atoms. The number of urea groups is 1. The van der Waals surface area contributed by atoms with Crippen LogP contribution in [0, 0.1) is 0 Å². The number of thioether (sulfide) groups is 1. The number of methoxy groups -OCH3 is 1. The Morgan fingerprint density at radius 1 is 1.26 bits per heavy atom. The van der Waals surface area contributed by atoms with Crippen molar-refractivity contribution >= 4 is 33.7 Å². The van der Waals surface area contributed by atoms with Crippen LogP contribution >= 0.6 is 11.8 Å². The van der Waals surface area contributed by atoms with Gasteiger partial charge in [0.15, 0.2) is 0 Å². The summed E-state index contributed by atoms with van der Waals surface area (Å²) in [7, 11) is -2.01. The molecule has 150 valence electrons. The SMILES string of the molecule is COCCNC(=O)NC(=O)CSc1ccc(S(=O)(=O)N2CCCCC2)cn1. The number of hydrogen-bond donors (Lipinski definition) is 2. The molecule has 0 radical (unpaired) electrons. The topological polar surface area (TPSA) is 118 Å². The van der Waals surface area contributed by atoms with Gasteiger partial charge >= 0.3 is 6.03 Å². The van der Waals surface area contributed by atoms with Gasteiger partial charge in [-0.3, -0.25) is 10.1 Å². The van der Waals surface area contributed by atoms with Crippen molar-refractivity contribution in [3.8, 4) is 0 Å². The van der Waals surface area contributed by atoms with Crippen molar-refractivity contribution < 1.29 is 22.7 Å². The third-order valence-electron chi connectivity index (χ3n) is 3.86. The fourth-order valence-corrected chi connectivity index (χ4v) is 4.58. The number of carbonyl (C=O) groups is 2. The highest BCUT2D eigenvalue weighted by molar-refractivity contribution is 7.99. The van der Waals surface area contributed by atoms with Crippen LogP contribution in [-0.2, 0) is 19.6 Å². The lowest BCUT2D eigenvalue weighted by Gasteiger charge is -2.25. The maximum Gasteiger partial charge on any atom is 0.321 e. The first-order valence-corrected chi connectivity index (χ1v) is 11.0. The van der Waals surface area contributed by atoms with Crippen molar-refractivity contribution in [3.05, 3.63) is 18.3 Å². The van der Waals surface area contributed by atoms with Crippen LogP contribution in [0.1, 0.15) is 19.3 Å². The van der Waals surface area contributed by atoms with Gasteiger partial charge in [0.25, 0.3) is 0 Å². The smallest absolute Gasteiger partial charge is 0.321 e. The number of rotatable bonds is 8. The summed E-state index contributed by atoms with van der Waals surface area (Å²) in [4.78, 5) is 27.4. The van der Waals surface area contributed by atoms with Gasteiger partial charge in [-0.05, 0) is 25.0 Å². The lowest BCUT2D eigenvalue weighted by atomic mass is 10.2. The maximum absolute atomic E-state index is 12.6. The van der Waals surface area contributed by atoms with E-state index >= 15 is 0 Å². The van der Waals surface area contributed by atoms with Crippen molar-refractivity contribution in [1.82, 2.24) is 19.9 Å². The molecule has 27 heavy (non-hydrogen) atoms. The summed E-state index contributed by atoms with van der Waals surface area (Å²) in [6.07, 6.45) is 4.09. The Hall–Kier alpha value is -1.69. The van der Waals surface area contributed by atoms with E-state index < -0.39 is 22.0 Å². The molecule has 1 aliphatic heterocycles. The number of aromatic nitrogens is 1. The van der Waals surface area contributed by atoms with Crippen LogP contribution in [0.25, 0.3) is 0 Å². The van der Waals surface area contributed by atoms with E-state index in [0.29, 0.717) is 31.3 Å². The standard InChI is InChI=1S/C16H24N4O5S2/c1-25-10-7-17-16(22)19-14(21)12-26-15-6-5-13(11-18-15)27(23,24)20-8-3-2-4-9-20/h5-6,11H,2-4,7-10,12H2,1H3,(H2,17,19,21,22). The minimum Gasteiger partial charge on any atom is -0.383 e. The number of nitrogens with zero attached hydrogens (tertiary/aromatic N) is 2. The molecule has 1 aliphatic rings. The molecular weight excluding hydrogens is 392 g/mol. The van der Waals surface area contributed by atoms with E-state index in [0.717, 1.165) is 31.0 Å². The molecule has 2 rings (SSSR count). The fraction of sp³-hybridized carbons (Fsp3) is 0.562. The second-order valence-corrected chi connectivity index (χ2v) is 8.82. The van der Waals surface area contributed by atoms with Crippen molar-refractivity contribution in [3.63, 3.8) is 0 Å². The molecule has 1 saturated heterocycles. The van der Waals surface area contributed by atoms with Gasteiger partial charge in [-0.15, -0.1) is 0 Å². The highest BCUT2D eigenvalue weighted by Crippen LogP contribution is 2.22. The van der Waals surface area contributed by atoms with Gasteiger partial charge in [0, 0.05) is 32.9 Å². The molecule has 1 aromatic heterocycles. The van der Waals surface area contributed by atoms with Gasteiger partial charge in [0.05, 0.1) is 17.4 Å². The number of pyridine rings is 1. The van der Waals surface area contributed by atoms with Crippen LogP contribution in [0.3, 0.4) is 0 Å². The predicted octanol–water partition coefficient (Wildman–Crippen LogP) is 0.821. The molecule has 0 saturated carbocycles. The van der Waals surface area contributed by atoms with Crippen molar-refractivity contribution in [2.24, 2.45) is 0 Å². The molecule has 1 fully saturated rings. The largest absolute Gasteiger partial charge is 0.383 e. The minimum atomic E-state index is -3.52. The Kier molecular flexibility index (Phi) is 8.48. The van der Waals surface area contributed by atoms with E-state index in [1.807, 2.05) is 0 Å². The summed E-state index contributed by atoms with van der Waals surface area (Å²) in [6.45, 7) is 1.72. The van der Waals surface area contributed by atoms with E-state index in [2.05, 4.69) is 15.6 Å². The van der Waals surface area contributed by atoms with Crippen molar-refractivity contribution in [2.45, 2.75) is 29.2 Å². The molecular formula is C16H24N4O5S2. The van der Waals surface area contributed by atoms with E-state index in [1.54, 1.807) is 6.07 Å². The second-order valence-electron chi connectivity index (χ2n) is 5.88. The molecule has 3 amide bonds. The first-order valence-electron chi connectivity index (χ1n) is 8.59. The number of nitrogens with one attached hydrogen (secondary N) is 2. The van der Waals surface area contributed by atoms with Gasteiger partial charge in [0.2, 0.25) is 15.9 Å². The van der Waals surface area contributed by atoms with E-state index in [4.69, 9.17) is 4.74 Å². The van der Waals surface area contributed by atoms with Crippen LogP contribution in [-0.4, -0.2) is 68.7 Å². The monoisotopic (exact) mass is 416 g/mol. The summed E-state index contributed by atoms with van der Waals surface area (Å²) in [5.41, 5.74) is 0. The lowest BCUT2D eigenvalue weighted by Crippen LogP contribution is -2.41. The third kappa shape index (κ3) is 6.76. The Morgan fingerprint density at radius 2 is 2.00 bits per heavy atom. The average Bonchev–Trinajstić information content (AvgIpc) is 2.67. The number of imide groups is 1. The molecule has 1 aromatic rings. The molecule has 2 N–H and O–H groups in total. The molecule has 0 unspecified atom stereocenters.